The molecule has 0 saturated carbocycles. The quantitative estimate of drug-likeness (QED) is 0.525. The SMILES string of the molecule is CCCC(N=C(N)N)C(C(C)C)C(C)C. The summed E-state index contributed by atoms with van der Waals surface area (Å²) in [4.78, 5) is 4.38. The van der Waals surface area contributed by atoms with E-state index in [1.165, 1.54) is 0 Å². The van der Waals surface area contributed by atoms with Gasteiger partial charge >= 0.3 is 0 Å². The predicted octanol–water partition coefficient (Wildman–Crippen LogP) is 2.36. The molecule has 0 heterocycles. The molecule has 0 aromatic carbocycles. The molecule has 0 aromatic rings. The fourth-order valence-electron chi connectivity index (χ4n) is 2.49. The van der Waals surface area contributed by atoms with Crippen molar-refractivity contribution in [3.05, 3.63) is 0 Å². The van der Waals surface area contributed by atoms with Crippen LogP contribution >= 0.6 is 0 Å². The summed E-state index contributed by atoms with van der Waals surface area (Å²) in [5.41, 5.74) is 11.0. The van der Waals surface area contributed by atoms with Crippen LogP contribution in [0, 0.1) is 17.8 Å². The van der Waals surface area contributed by atoms with E-state index in [0.29, 0.717) is 17.8 Å². The van der Waals surface area contributed by atoms with Gasteiger partial charge in [0.05, 0.1) is 6.04 Å². The summed E-state index contributed by atoms with van der Waals surface area (Å²) >= 11 is 0. The Kier molecular flexibility index (Phi) is 6.37. The van der Waals surface area contributed by atoms with Crippen molar-refractivity contribution in [3.63, 3.8) is 0 Å². The van der Waals surface area contributed by atoms with Gasteiger partial charge in [-0.15, -0.1) is 0 Å². The lowest BCUT2D eigenvalue weighted by Gasteiger charge is -2.30. The van der Waals surface area contributed by atoms with Crippen molar-refractivity contribution < 1.29 is 0 Å². The third-order valence-corrected chi connectivity index (χ3v) is 2.88. The minimum Gasteiger partial charge on any atom is -0.370 e. The molecule has 15 heavy (non-hydrogen) atoms. The standard InChI is InChI=1S/C12H27N3/c1-6-7-10(15-12(13)14)11(8(2)3)9(4)5/h8-11H,6-7H2,1-5H3,(H4,13,14,15). The van der Waals surface area contributed by atoms with Gasteiger partial charge in [0.15, 0.2) is 5.96 Å². The Labute approximate surface area is 94.3 Å². The molecule has 0 fully saturated rings. The van der Waals surface area contributed by atoms with Gasteiger partial charge in [0.25, 0.3) is 0 Å². The van der Waals surface area contributed by atoms with Crippen LogP contribution in [0.25, 0.3) is 0 Å². The second-order valence-electron chi connectivity index (χ2n) is 4.98. The number of rotatable bonds is 6. The van der Waals surface area contributed by atoms with Crippen LogP contribution in [0.15, 0.2) is 4.99 Å². The molecule has 1 atom stereocenters. The van der Waals surface area contributed by atoms with Gasteiger partial charge < -0.3 is 11.5 Å². The first-order valence-electron chi connectivity index (χ1n) is 5.98. The zero-order valence-corrected chi connectivity index (χ0v) is 10.8. The van der Waals surface area contributed by atoms with E-state index in [1.54, 1.807) is 0 Å². The monoisotopic (exact) mass is 213 g/mol. The molecule has 0 amide bonds. The molecular weight excluding hydrogens is 186 g/mol. The lowest BCUT2D eigenvalue weighted by molar-refractivity contribution is 0.230. The molecule has 0 rings (SSSR count). The molecule has 3 heteroatoms. The van der Waals surface area contributed by atoms with E-state index in [1.807, 2.05) is 0 Å². The normalized spacial score (nSPS) is 13.6. The summed E-state index contributed by atoms with van der Waals surface area (Å²) in [6.07, 6.45) is 2.19. The summed E-state index contributed by atoms with van der Waals surface area (Å²) in [7, 11) is 0. The summed E-state index contributed by atoms with van der Waals surface area (Å²) in [6.45, 7) is 11.2. The Balaban J connectivity index is 4.75. The van der Waals surface area contributed by atoms with Crippen molar-refractivity contribution >= 4 is 5.96 Å². The Morgan fingerprint density at radius 2 is 1.53 bits per heavy atom. The van der Waals surface area contributed by atoms with Gasteiger partial charge in [0, 0.05) is 0 Å². The molecule has 3 nitrogen and oxygen atoms in total. The molecule has 4 N–H and O–H groups in total. The van der Waals surface area contributed by atoms with Crippen LogP contribution in [-0.2, 0) is 0 Å². The molecular formula is C12H27N3. The predicted molar refractivity (Wildman–Crippen MR) is 67.7 cm³/mol. The van der Waals surface area contributed by atoms with Crippen molar-refractivity contribution in [1.29, 1.82) is 0 Å². The van der Waals surface area contributed by atoms with Gasteiger partial charge in [0.2, 0.25) is 0 Å². The fraction of sp³-hybridized carbons (Fsp3) is 0.917. The first-order valence-corrected chi connectivity index (χ1v) is 5.98. The minimum atomic E-state index is 0.222. The van der Waals surface area contributed by atoms with Crippen molar-refractivity contribution in [2.24, 2.45) is 34.2 Å². The van der Waals surface area contributed by atoms with Gasteiger partial charge in [-0.2, -0.15) is 0 Å². The smallest absolute Gasteiger partial charge is 0.186 e. The molecule has 0 spiro atoms. The molecule has 1 unspecified atom stereocenters. The molecule has 0 bridgehead atoms. The van der Waals surface area contributed by atoms with Crippen LogP contribution in [0.5, 0.6) is 0 Å². The molecule has 0 aliphatic rings. The Bertz CT molecular complexity index is 185. The van der Waals surface area contributed by atoms with Gasteiger partial charge in [0.1, 0.15) is 0 Å². The van der Waals surface area contributed by atoms with Gasteiger partial charge in [-0.1, -0.05) is 41.0 Å². The largest absolute Gasteiger partial charge is 0.370 e. The third kappa shape index (κ3) is 5.05. The Hall–Kier alpha value is -0.730. The summed E-state index contributed by atoms with van der Waals surface area (Å²) in [6, 6.07) is 0.278. The van der Waals surface area contributed by atoms with Crippen molar-refractivity contribution in [1.82, 2.24) is 0 Å². The third-order valence-electron chi connectivity index (χ3n) is 2.88. The van der Waals surface area contributed by atoms with E-state index >= 15 is 0 Å². The lowest BCUT2D eigenvalue weighted by atomic mass is 9.78. The number of nitrogens with zero attached hydrogens (tertiary/aromatic N) is 1. The van der Waals surface area contributed by atoms with Crippen molar-refractivity contribution in [2.45, 2.75) is 53.5 Å². The maximum Gasteiger partial charge on any atom is 0.186 e. The first-order chi connectivity index (χ1) is 6.90. The van der Waals surface area contributed by atoms with E-state index in [9.17, 15) is 0 Å². The number of guanidine groups is 1. The van der Waals surface area contributed by atoms with E-state index in [0.717, 1.165) is 12.8 Å². The van der Waals surface area contributed by atoms with Crippen LogP contribution in [0.1, 0.15) is 47.5 Å². The second-order valence-corrected chi connectivity index (χ2v) is 4.98. The van der Waals surface area contributed by atoms with Crippen molar-refractivity contribution in [2.75, 3.05) is 0 Å². The molecule has 90 valence electrons. The van der Waals surface area contributed by atoms with Gasteiger partial charge in [-0.25, -0.2) is 0 Å². The van der Waals surface area contributed by atoms with Crippen LogP contribution in [-0.4, -0.2) is 12.0 Å². The maximum atomic E-state index is 5.49. The lowest BCUT2D eigenvalue weighted by Crippen LogP contribution is -2.33. The molecule has 0 aromatic heterocycles. The average Bonchev–Trinajstić information content (AvgIpc) is 2.01. The minimum absolute atomic E-state index is 0.222. The van der Waals surface area contributed by atoms with Gasteiger partial charge in [-0.05, 0) is 24.2 Å². The van der Waals surface area contributed by atoms with Crippen LogP contribution < -0.4 is 11.5 Å². The molecule has 0 radical (unpaired) electrons. The fourth-order valence-corrected chi connectivity index (χ4v) is 2.49. The van der Waals surface area contributed by atoms with Crippen molar-refractivity contribution in [3.8, 4) is 0 Å². The highest BCUT2D eigenvalue weighted by atomic mass is 15.0. The Morgan fingerprint density at radius 1 is 1.07 bits per heavy atom. The second kappa shape index (κ2) is 6.70. The molecule has 0 aliphatic heterocycles. The summed E-state index contributed by atoms with van der Waals surface area (Å²) < 4.78 is 0. The highest BCUT2D eigenvalue weighted by Gasteiger charge is 2.26. The topological polar surface area (TPSA) is 64.4 Å². The van der Waals surface area contributed by atoms with Gasteiger partial charge in [-0.3, -0.25) is 4.99 Å². The van der Waals surface area contributed by atoms with Crippen LogP contribution in [0.4, 0.5) is 0 Å². The molecule has 0 saturated heterocycles. The average molecular weight is 213 g/mol. The van der Waals surface area contributed by atoms with E-state index in [4.69, 9.17) is 11.5 Å². The number of nitrogens with two attached hydrogens (primary N) is 2. The highest BCUT2D eigenvalue weighted by Crippen LogP contribution is 2.28. The number of hydrogen-bond acceptors (Lipinski definition) is 1. The van der Waals surface area contributed by atoms with E-state index in [2.05, 4.69) is 39.6 Å². The van der Waals surface area contributed by atoms with E-state index < -0.39 is 0 Å². The first kappa shape index (κ1) is 14.3. The zero-order chi connectivity index (χ0) is 12.0. The Morgan fingerprint density at radius 3 is 1.80 bits per heavy atom. The van der Waals surface area contributed by atoms with Crippen LogP contribution in [0.3, 0.4) is 0 Å². The van der Waals surface area contributed by atoms with E-state index in [-0.39, 0.29) is 12.0 Å². The summed E-state index contributed by atoms with van der Waals surface area (Å²) in [5.74, 6) is 2.01. The summed E-state index contributed by atoms with van der Waals surface area (Å²) in [5, 5.41) is 0. The maximum absolute atomic E-state index is 5.49. The van der Waals surface area contributed by atoms with Crippen LogP contribution in [0.2, 0.25) is 0 Å². The zero-order valence-electron chi connectivity index (χ0n) is 10.8. The number of hydrogen-bond donors (Lipinski definition) is 2. The number of aliphatic imine (C=N–C) groups is 1. The highest BCUT2D eigenvalue weighted by molar-refractivity contribution is 5.75. The molecule has 0 aliphatic carbocycles.